The Balaban J connectivity index is 1.27. The molecule has 0 bridgehead atoms. The first-order valence-corrected chi connectivity index (χ1v) is 11.1. The van der Waals surface area contributed by atoms with Gasteiger partial charge in [-0.15, -0.1) is 0 Å². The standard InChI is InChI=1S/C25H22ClNO5/c26-22-9-5-15(12-21(22)25(29)30)23-10-7-19(32-23)14-31-18-6-8-20-16(11-18)13-27(24(20)28)17-3-1-2-4-17/h5-12,17H,1-4,13-14H2,(H,29,30). The number of ether oxygens (including phenoxy) is 1. The van der Waals surface area contributed by atoms with Crippen LogP contribution in [-0.2, 0) is 13.2 Å². The maximum atomic E-state index is 12.7. The van der Waals surface area contributed by atoms with E-state index in [0.717, 1.165) is 24.0 Å². The fourth-order valence-electron chi connectivity index (χ4n) is 4.53. The van der Waals surface area contributed by atoms with E-state index in [1.54, 1.807) is 24.3 Å². The van der Waals surface area contributed by atoms with Crippen LogP contribution < -0.4 is 4.74 Å². The molecule has 1 aromatic heterocycles. The number of hydrogen-bond donors (Lipinski definition) is 1. The predicted octanol–water partition coefficient (Wildman–Crippen LogP) is 5.78. The van der Waals surface area contributed by atoms with Gasteiger partial charge in [0.15, 0.2) is 0 Å². The lowest BCUT2D eigenvalue weighted by Gasteiger charge is -2.23. The van der Waals surface area contributed by atoms with E-state index in [-0.39, 0.29) is 23.1 Å². The third-order valence-electron chi connectivity index (χ3n) is 6.20. The van der Waals surface area contributed by atoms with Crippen LogP contribution in [0, 0.1) is 0 Å². The van der Waals surface area contributed by atoms with Crippen LogP contribution >= 0.6 is 11.6 Å². The first-order chi connectivity index (χ1) is 15.5. The molecule has 1 fully saturated rings. The Labute approximate surface area is 190 Å². The van der Waals surface area contributed by atoms with E-state index in [1.165, 1.54) is 18.9 Å². The molecule has 1 amide bonds. The van der Waals surface area contributed by atoms with Crippen LogP contribution in [0.5, 0.6) is 5.75 Å². The largest absolute Gasteiger partial charge is 0.486 e. The summed E-state index contributed by atoms with van der Waals surface area (Å²) >= 11 is 5.94. The van der Waals surface area contributed by atoms with Crippen molar-refractivity contribution in [3.05, 3.63) is 76.0 Å². The first kappa shape index (κ1) is 20.6. The molecule has 3 aromatic rings. The van der Waals surface area contributed by atoms with Gasteiger partial charge in [-0.2, -0.15) is 0 Å². The van der Waals surface area contributed by atoms with Crippen molar-refractivity contribution in [3.8, 4) is 17.1 Å². The quantitative estimate of drug-likeness (QED) is 0.514. The van der Waals surface area contributed by atoms with E-state index >= 15 is 0 Å². The molecule has 0 saturated heterocycles. The molecule has 0 radical (unpaired) electrons. The Kier molecular flexibility index (Phi) is 5.39. The fourth-order valence-corrected chi connectivity index (χ4v) is 4.73. The number of carbonyl (C=O) groups is 2. The van der Waals surface area contributed by atoms with E-state index in [2.05, 4.69) is 0 Å². The van der Waals surface area contributed by atoms with Crippen molar-refractivity contribution < 1.29 is 23.8 Å². The summed E-state index contributed by atoms with van der Waals surface area (Å²) in [4.78, 5) is 26.0. The number of amides is 1. The number of fused-ring (bicyclic) bond motifs is 1. The normalized spacial score (nSPS) is 15.9. The number of carboxylic acid groups (broad SMARTS) is 1. The Morgan fingerprint density at radius 2 is 1.94 bits per heavy atom. The summed E-state index contributed by atoms with van der Waals surface area (Å²) in [6.45, 7) is 0.863. The van der Waals surface area contributed by atoms with E-state index < -0.39 is 5.97 Å². The Hall–Kier alpha value is -3.25. The Bertz CT molecular complexity index is 1190. The highest BCUT2D eigenvalue weighted by molar-refractivity contribution is 6.33. The van der Waals surface area contributed by atoms with Crippen LogP contribution in [0.2, 0.25) is 5.02 Å². The molecule has 164 valence electrons. The van der Waals surface area contributed by atoms with Gasteiger partial charge in [-0.05, 0) is 66.9 Å². The molecule has 2 aliphatic rings. The second-order valence-electron chi connectivity index (χ2n) is 8.24. The number of carboxylic acids is 1. The molecule has 1 aliphatic heterocycles. The summed E-state index contributed by atoms with van der Waals surface area (Å²) in [5.74, 6) is 0.860. The minimum atomic E-state index is -1.09. The number of carbonyl (C=O) groups excluding carboxylic acids is 1. The molecule has 0 unspecified atom stereocenters. The van der Waals surface area contributed by atoms with Gasteiger partial charge in [0.1, 0.15) is 23.9 Å². The number of rotatable bonds is 6. The molecule has 2 heterocycles. The summed E-state index contributed by atoms with van der Waals surface area (Å²) < 4.78 is 11.7. The molecule has 1 aliphatic carbocycles. The van der Waals surface area contributed by atoms with Crippen molar-refractivity contribution >= 4 is 23.5 Å². The van der Waals surface area contributed by atoms with Crippen molar-refractivity contribution in [1.82, 2.24) is 4.90 Å². The Morgan fingerprint density at radius 3 is 2.72 bits per heavy atom. The van der Waals surface area contributed by atoms with Gasteiger partial charge >= 0.3 is 5.97 Å². The van der Waals surface area contributed by atoms with E-state index in [1.807, 2.05) is 23.1 Å². The van der Waals surface area contributed by atoms with Gasteiger partial charge < -0.3 is 19.2 Å². The monoisotopic (exact) mass is 451 g/mol. The first-order valence-electron chi connectivity index (χ1n) is 10.7. The number of hydrogen-bond acceptors (Lipinski definition) is 4. The zero-order valence-electron chi connectivity index (χ0n) is 17.3. The van der Waals surface area contributed by atoms with Crippen LogP contribution in [0.1, 0.15) is 57.7 Å². The molecule has 1 saturated carbocycles. The maximum absolute atomic E-state index is 12.7. The summed E-state index contributed by atoms with van der Waals surface area (Å²) in [5, 5.41) is 9.43. The maximum Gasteiger partial charge on any atom is 0.337 e. The molecule has 6 nitrogen and oxygen atoms in total. The summed E-state index contributed by atoms with van der Waals surface area (Å²) in [6, 6.07) is 14.3. The minimum absolute atomic E-state index is 0.0257. The third kappa shape index (κ3) is 3.86. The lowest BCUT2D eigenvalue weighted by molar-refractivity contribution is 0.0691. The number of furan rings is 1. The number of aromatic carboxylic acids is 1. The molecular formula is C25H22ClNO5. The molecule has 32 heavy (non-hydrogen) atoms. The van der Waals surface area contributed by atoms with Crippen LogP contribution in [0.4, 0.5) is 0 Å². The van der Waals surface area contributed by atoms with E-state index in [4.69, 9.17) is 20.8 Å². The summed E-state index contributed by atoms with van der Waals surface area (Å²) in [7, 11) is 0. The topological polar surface area (TPSA) is 80.0 Å². The highest BCUT2D eigenvalue weighted by atomic mass is 35.5. The zero-order chi connectivity index (χ0) is 22.2. The zero-order valence-corrected chi connectivity index (χ0v) is 18.1. The van der Waals surface area contributed by atoms with Crippen LogP contribution in [-0.4, -0.2) is 27.9 Å². The van der Waals surface area contributed by atoms with Gasteiger partial charge in [0.2, 0.25) is 0 Å². The summed E-state index contributed by atoms with van der Waals surface area (Å²) in [6.07, 6.45) is 4.56. The van der Waals surface area contributed by atoms with Crippen molar-refractivity contribution in [2.45, 2.75) is 44.9 Å². The van der Waals surface area contributed by atoms with Gasteiger partial charge in [-0.3, -0.25) is 4.79 Å². The van der Waals surface area contributed by atoms with Crippen molar-refractivity contribution in [2.24, 2.45) is 0 Å². The number of benzene rings is 2. The van der Waals surface area contributed by atoms with Gasteiger partial charge in [0.25, 0.3) is 5.91 Å². The van der Waals surface area contributed by atoms with Gasteiger partial charge in [-0.25, -0.2) is 4.79 Å². The molecular weight excluding hydrogens is 430 g/mol. The average molecular weight is 452 g/mol. The molecule has 2 aromatic carbocycles. The van der Waals surface area contributed by atoms with Crippen LogP contribution in [0.25, 0.3) is 11.3 Å². The third-order valence-corrected chi connectivity index (χ3v) is 6.53. The summed E-state index contributed by atoms with van der Waals surface area (Å²) in [5.41, 5.74) is 2.42. The SMILES string of the molecule is O=C(O)c1cc(-c2ccc(COc3ccc4c(c3)CN(C3CCCC3)C4=O)o2)ccc1Cl. The second kappa shape index (κ2) is 8.36. The highest BCUT2D eigenvalue weighted by Gasteiger charge is 2.34. The number of halogens is 1. The molecule has 0 atom stereocenters. The molecule has 0 spiro atoms. The highest BCUT2D eigenvalue weighted by Crippen LogP contribution is 2.33. The van der Waals surface area contributed by atoms with E-state index in [0.29, 0.717) is 35.4 Å². The average Bonchev–Trinajstić information content (AvgIpc) is 3.53. The lowest BCUT2D eigenvalue weighted by atomic mass is 10.1. The van der Waals surface area contributed by atoms with Crippen LogP contribution in [0.3, 0.4) is 0 Å². The van der Waals surface area contributed by atoms with E-state index in [9.17, 15) is 14.7 Å². The molecule has 5 rings (SSSR count). The second-order valence-corrected chi connectivity index (χ2v) is 8.65. The van der Waals surface area contributed by atoms with Crippen molar-refractivity contribution in [2.75, 3.05) is 0 Å². The molecule has 7 heteroatoms. The fraction of sp³-hybridized carbons (Fsp3) is 0.280. The van der Waals surface area contributed by atoms with Gasteiger partial charge in [0, 0.05) is 23.7 Å². The minimum Gasteiger partial charge on any atom is -0.486 e. The van der Waals surface area contributed by atoms with Gasteiger partial charge in [0.05, 0.1) is 10.6 Å². The Morgan fingerprint density at radius 1 is 1.12 bits per heavy atom. The molecule has 1 N–H and O–H groups in total. The van der Waals surface area contributed by atoms with Crippen LogP contribution in [0.15, 0.2) is 52.9 Å². The number of nitrogens with zero attached hydrogens (tertiary/aromatic N) is 1. The smallest absolute Gasteiger partial charge is 0.337 e. The predicted molar refractivity (Wildman–Crippen MR) is 119 cm³/mol. The van der Waals surface area contributed by atoms with Gasteiger partial charge in [-0.1, -0.05) is 24.4 Å². The lowest BCUT2D eigenvalue weighted by Crippen LogP contribution is -2.33. The van der Waals surface area contributed by atoms with Crippen molar-refractivity contribution in [1.29, 1.82) is 0 Å². The van der Waals surface area contributed by atoms with Crippen molar-refractivity contribution in [3.63, 3.8) is 0 Å².